The molecule has 1 unspecified atom stereocenters. The highest BCUT2D eigenvalue weighted by Crippen LogP contribution is 1.82. The molecule has 0 amide bonds. The molecule has 3 nitrogen and oxygen atoms in total. The fourth-order valence-electron chi connectivity index (χ4n) is 0.663. The van der Waals surface area contributed by atoms with Crippen molar-refractivity contribution >= 4 is 0 Å². The minimum atomic E-state index is -0.488. The van der Waals surface area contributed by atoms with Gasteiger partial charge in [-0.25, -0.2) is 0 Å². The predicted molar refractivity (Wildman–Crippen MR) is 42.5 cm³/mol. The van der Waals surface area contributed by atoms with Gasteiger partial charge in [-0.2, -0.15) is 0 Å². The summed E-state index contributed by atoms with van der Waals surface area (Å²) >= 11 is 0. The zero-order valence-electron chi connectivity index (χ0n) is 6.34. The third kappa shape index (κ3) is 7.88. The van der Waals surface area contributed by atoms with E-state index in [0.717, 1.165) is 25.9 Å². The van der Waals surface area contributed by atoms with Crippen molar-refractivity contribution in [3.05, 3.63) is 6.92 Å². The zero-order valence-corrected chi connectivity index (χ0v) is 6.34. The maximum atomic E-state index is 8.71. The molecule has 0 saturated heterocycles. The second kappa shape index (κ2) is 6.99. The second-order valence-corrected chi connectivity index (χ2v) is 2.35. The molecule has 0 aromatic carbocycles. The van der Waals surface area contributed by atoms with Crippen molar-refractivity contribution in [2.75, 3.05) is 19.6 Å². The smallest absolute Gasteiger partial charge is 0.0665 e. The highest BCUT2D eigenvalue weighted by Gasteiger charge is 1.92. The van der Waals surface area contributed by atoms with E-state index in [9.17, 15) is 0 Å². The van der Waals surface area contributed by atoms with Crippen molar-refractivity contribution < 1.29 is 5.11 Å². The van der Waals surface area contributed by atoms with E-state index in [0.29, 0.717) is 6.54 Å². The summed E-state index contributed by atoms with van der Waals surface area (Å²) in [6, 6.07) is 0. The maximum absolute atomic E-state index is 8.71. The number of hydrogen-bond donors (Lipinski definition) is 3. The predicted octanol–water partition coefficient (Wildman–Crippen LogP) is -0.490. The van der Waals surface area contributed by atoms with Gasteiger partial charge in [0.2, 0.25) is 0 Å². The normalized spacial score (nSPS) is 13.5. The number of nitrogens with one attached hydrogen (secondary N) is 1. The van der Waals surface area contributed by atoms with Gasteiger partial charge in [-0.05, 0) is 32.9 Å². The van der Waals surface area contributed by atoms with Crippen molar-refractivity contribution in [2.24, 2.45) is 5.73 Å². The van der Waals surface area contributed by atoms with Crippen LogP contribution in [0.4, 0.5) is 0 Å². The molecule has 3 heteroatoms. The van der Waals surface area contributed by atoms with E-state index in [4.69, 9.17) is 10.8 Å². The average molecular weight is 145 g/mol. The van der Waals surface area contributed by atoms with Crippen LogP contribution in [0.15, 0.2) is 0 Å². The van der Waals surface area contributed by atoms with Gasteiger partial charge < -0.3 is 16.2 Å². The summed E-state index contributed by atoms with van der Waals surface area (Å²) in [5.74, 6) is 0. The van der Waals surface area contributed by atoms with E-state index in [1.807, 2.05) is 0 Å². The molecule has 1 atom stereocenters. The first-order chi connectivity index (χ1) is 4.77. The average Bonchev–Trinajstić information content (AvgIpc) is 1.87. The van der Waals surface area contributed by atoms with E-state index in [1.165, 1.54) is 0 Å². The van der Waals surface area contributed by atoms with Gasteiger partial charge in [0.15, 0.2) is 0 Å². The van der Waals surface area contributed by atoms with E-state index < -0.39 is 6.10 Å². The summed E-state index contributed by atoms with van der Waals surface area (Å²) in [6.07, 6.45) is 1.63. The van der Waals surface area contributed by atoms with E-state index in [-0.39, 0.29) is 0 Å². The van der Waals surface area contributed by atoms with Crippen LogP contribution in [0.3, 0.4) is 0 Å². The first-order valence-corrected chi connectivity index (χ1v) is 3.69. The van der Waals surface area contributed by atoms with E-state index in [2.05, 4.69) is 12.2 Å². The minimum absolute atomic E-state index is 0.488. The molecule has 0 rings (SSSR count). The summed E-state index contributed by atoms with van der Waals surface area (Å²) in [6.45, 7) is 5.66. The first-order valence-electron chi connectivity index (χ1n) is 3.69. The lowest BCUT2D eigenvalue weighted by molar-refractivity contribution is 0.216. The monoisotopic (exact) mass is 145 g/mol. The Balaban J connectivity index is 2.77. The van der Waals surface area contributed by atoms with Gasteiger partial charge in [0.05, 0.1) is 6.10 Å². The highest BCUT2D eigenvalue weighted by molar-refractivity contribution is 4.59. The van der Waals surface area contributed by atoms with Crippen molar-refractivity contribution in [1.82, 2.24) is 5.32 Å². The molecule has 4 N–H and O–H groups in total. The summed E-state index contributed by atoms with van der Waals surface area (Å²) < 4.78 is 0. The first kappa shape index (κ1) is 9.88. The summed E-state index contributed by atoms with van der Waals surface area (Å²) in [7, 11) is 0. The molecule has 0 aliphatic heterocycles. The lowest BCUT2D eigenvalue weighted by Crippen LogP contribution is -2.25. The summed E-state index contributed by atoms with van der Waals surface area (Å²) in [5.41, 5.74) is 5.28. The molecule has 1 radical (unpaired) electrons. The Hall–Kier alpha value is -0.120. The van der Waals surface area contributed by atoms with E-state index in [1.54, 1.807) is 0 Å². The van der Waals surface area contributed by atoms with Gasteiger partial charge in [-0.15, -0.1) is 0 Å². The Bertz CT molecular complexity index is 66.6. The van der Waals surface area contributed by atoms with Crippen molar-refractivity contribution in [2.45, 2.75) is 18.9 Å². The van der Waals surface area contributed by atoms with Gasteiger partial charge in [-0.3, -0.25) is 0 Å². The van der Waals surface area contributed by atoms with E-state index >= 15 is 0 Å². The summed E-state index contributed by atoms with van der Waals surface area (Å²) in [4.78, 5) is 0. The highest BCUT2D eigenvalue weighted by atomic mass is 16.3. The molecule has 0 fully saturated rings. The van der Waals surface area contributed by atoms with Gasteiger partial charge in [0, 0.05) is 6.54 Å². The van der Waals surface area contributed by atoms with Crippen LogP contribution >= 0.6 is 0 Å². The van der Waals surface area contributed by atoms with Crippen LogP contribution in [0.2, 0.25) is 0 Å². The fourth-order valence-corrected chi connectivity index (χ4v) is 0.663. The quantitative estimate of drug-likeness (QED) is 0.442. The minimum Gasteiger partial charge on any atom is -0.392 e. The van der Waals surface area contributed by atoms with Crippen LogP contribution in [0, 0.1) is 6.92 Å². The molecule has 0 saturated carbocycles. The molecule has 0 aromatic rings. The lowest BCUT2D eigenvalue weighted by Gasteiger charge is -2.04. The van der Waals surface area contributed by atoms with Crippen LogP contribution in [0.1, 0.15) is 12.8 Å². The number of aliphatic hydroxyl groups excluding tert-OH is 1. The Kier molecular flexibility index (Phi) is 6.91. The van der Waals surface area contributed by atoms with Gasteiger partial charge >= 0.3 is 0 Å². The Morgan fingerprint density at radius 1 is 1.50 bits per heavy atom. The van der Waals surface area contributed by atoms with Crippen molar-refractivity contribution in [3.8, 4) is 0 Å². The van der Waals surface area contributed by atoms with Gasteiger partial charge in [0.1, 0.15) is 0 Å². The molecule has 0 spiro atoms. The molecular formula is C7H17N2O. The van der Waals surface area contributed by atoms with Crippen LogP contribution in [0.5, 0.6) is 0 Å². The topological polar surface area (TPSA) is 58.3 Å². The van der Waals surface area contributed by atoms with Crippen LogP contribution in [-0.2, 0) is 0 Å². The SMILES string of the molecule is [CH2]C(O)CNCCCCN. The van der Waals surface area contributed by atoms with Gasteiger partial charge in [-0.1, -0.05) is 0 Å². The number of rotatable bonds is 6. The molecule has 0 heterocycles. The Morgan fingerprint density at radius 3 is 2.70 bits per heavy atom. The molecule has 61 valence electrons. The van der Waals surface area contributed by atoms with Crippen LogP contribution in [0.25, 0.3) is 0 Å². The van der Waals surface area contributed by atoms with Crippen LogP contribution in [-0.4, -0.2) is 30.8 Å². The maximum Gasteiger partial charge on any atom is 0.0665 e. The fraction of sp³-hybridized carbons (Fsp3) is 0.857. The third-order valence-corrected chi connectivity index (χ3v) is 1.19. The Morgan fingerprint density at radius 2 is 2.20 bits per heavy atom. The molecule has 0 aliphatic carbocycles. The number of hydrogen-bond acceptors (Lipinski definition) is 3. The molecule has 10 heavy (non-hydrogen) atoms. The molecule has 0 bridgehead atoms. The van der Waals surface area contributed by atoms with Gasteiger partial charge in [0.25, 0.3) is 0 Å². The third-order valence-electron chi connectivity index (χ3n) is 1.19. The van der Waals surface area contributed by atoms with Crippen LogP contribution < -0.4 is 11.1 Å². The standard InChI is InChI=1S/C7H17N2O/c1-7(10)6-9-5-3-2-4-8/h7,9-10H,1-6,8H2. The molecular weight excluding hydrogens is 128 g/mol. The largest absolute Gasteiger partial charge is 0.392 e. The summed E-state index contributed by atoms with van der Waals surface area (Å²) in [5, 5.41) is 11.8. The molecule has 0 aromatic heterocycles. The van der Waals surface area contributed by atoms with Crippen molar-refractivity contribution in [1.29, 1.82) is 0 Å². The lowest BCUT2D eigenvalue weighted by atomic mass is 10.3. The second-order valence-electron chi connectivity index (χ2n) is 2.35. The number of aliphatic hydroxyl groups is 1. The number of unbranched alkanes of at least 4 members (excludes halogenated alkanes) is 1. The number of nitrogens with two attached hydrogens (primary N) is 1. The Labute approximate surface area is 62.6 Å². The van der Waals surface area contributed by atoms with Crippen molar-refractivity contribution in [3.63, 3.8) is 0 Å². The molecule has 0 aliphatic rings. The zero-order chi connectivity index (χ0) is 7.82.